The summed E-state index contributed by atoms with van der Waals surface area (Å²) in [5.74, 6) is -2.05. The summed E-state index contributed by atoms with van der Waals surface area (Å²) in [5, 5.41) is 13.2. The zero-order chi connectivity index (χ0) is 74.4. The predicted octanol–water partition coefficient (Wildman–Crippen LogP) is 17.1. The molecule has 8 aromatic rings. The number of aromatic hydroxyl groups is 1. The van der Waals surface area contributed by atoms with Gasteiger partial charge in [0.15, 0.2) is 0 Å². The molecule has 1 N–H and O–H groups in total. The van der Waals surface area contributed by atoms with E-state index in [0.29, 0.717) is 29.2 Å². The Hall–Kier alpha value is -5.57. The van der Waals surface area contributed by atoms with Gasteiger partial charge >= 0.3 is 0 Å². The number of aromatic nitrogens is 3. The average Bonchev–Trinajstić information content (AvgIpc) is 1.00. The van der Waals surface area contributed by atoms with Crippen LogP contribution in [0.15, 0.2) is 133 Å². The van der Waals surface area contributed by atoms with Gasteiger partial charge in [0.25, 0.3) is 0 Å². The molecule has 0 radical (unpaired) electrons. The molecule has 354 valence electrons. The Morgan fingerprint density at radius 1 is 0.588 bits per heavy atom. The van der Waals surface area contributed by atoms with Crippen LogP contribution in [0.3, 0.4) is 0 Å². The molecule has 0 aliphatic carbocycles. The number of para-hydroxylation sites is 1. The van der Waals surface area contributed by atoms with Crippen molar-refractivity contribution < 1.29 is 68.7 Å². The van der Waals surface area contributed by atoms with E-state index < -0.39 is 152 Å². The molecular formula is C63H70N3OPt-. The number of imidazole rings is 1. The number of rotatable bonds is 8. The van der Waals surface area contributed by atoms with E-state index in [0.717, 1.165) is 5.56 Å². The molecule has 6 aromatic carbocycles. The molecule has 68 heavy (non-hydrogen) atoms. The van der Waals surface area contributed by atoms with Gasteiger partial charge in [-0.1, -0.05) is 199 Å². The van der Waals surface area contributed by atoms with Crippen molar-refractivity contribution in [3.63, 3.8) is 0 Å². The summed E-state index contributed by atoms with van der Waals surface area (Å²) >= 11 is 0. The smallest absolute Gasteiger partial charge is 0.148 e. The Morgan fingerprint density at radius 2 is 1.24 bits per heavy atom. The van der Waals surface area contributed by atoms with Gasteiger partial charge < -0.3 is 5.11 Å². The third-order valence-electron chi connectivity index (χ3n) is 12.2. The third kappa shape index (κ3) is 9.95. The van der Waals surface area contributed by atoms with E-state index in [1.165, 1.54) is 22.9 Å². The number of nitrogens with zero attached hydrogens (tertiary/aromatic N) is 3. The minimum Gasteiger partial charge on any atom is -0.507 e. The van der Waals surface area contributed by atoms with Gasteiger partial charge in [0, 0.05) is 81.1 Å². The summed E-state index contributed by atoms with van der Waals surface area (Å²) in [5.41, 5.74) is -16.2. The second-order valence-electron chi connectivity index (χ2n) is 18.6. The number of phenols is 1. The molecule has 0 bridgehead atoms. The number of phenolic OH excluding ortho intramolecular Hbond substituents is 1. The van der Waals surface area contributed by atoms with Crippen LogP contribution >= 0.6 is 0 Å². The fraction of sp³-hybridized carbons (Fsp3) is 0.333. The van der Waals surface area contributed by atoms with Crippen molar-refractivity contribution in [2.24, 2.45) is 0 Å². The maximum atomic E-state index is 13.2. The second-order valence-corrected chi connectivity index (χ2v) is 18.6. The van der Waals surface area contributed by atoms with Crippen LogP contribution in [0.5, 0.6) is 5.75 Å². The fourth-order valence-electron chi connectivity index (χ4n) is 7.92. The fourth-order valence-corrected chi connectivity index (χ4v) is 7.92. The van der Waals surface area contributed by atoms with E-state index in [2.05, 4.69) is 11.1 Å². The maximum absolute atomic E-state index is 13.2. The van der Waals surface area contributed by atoms with Gasteiger partial charge in [0.05, 0.1) is 27.8 Å². The molecule has 0 aliphatic heterocycles. The van der Waals surface area contributed by atoms with E-state index in [1.54, 1.807) is 72.8 Å². The molecule has 0 saturated heterocycles. The summed E-state index contributed by atoms with van der Waals surface area (Å²) in [7, 11) is 0. The Balaban J connectivity index is 0.0000138. The second kappa shape index (κ2) is 18.4. The first-order valence-electron chi connectivity index (χ1n) is 37.0. The van der Waals surface area contributed by atoms with Crippen molar-refractivity contribution in [1.82, 2.24) is 14.5 Å². The van der Waals surface area contributed by atoms with Crippen molar-refractivity contribution in [1.29, 1.82) is 0 Å². The van der Waals surface area contributed by atoms with E-state index in [1.807, 2.05) is 47.6 Å². The van der Waals surface area contributed by atoms with Gasteiger partial charge in [0.1, 0.15) is 11.6 Å². The van der Waals surface area contributed by atoms with Crippen LogP contribution < -0.4 is 0 Å². The minimum absolute atomic E-state index is 0. The molecular weight excluding hydrogens is 1010 g/mol. The van der Waals surface area contributed by atoms with Crippen molar-refractivity contribution in [3.05, 3.63) is 167 Å². The molecule has 8 rings (SSSR count). The van der Waals surface area contributed by atoms with Crippen LogP contribution in [0, 0.1) is 6.07 Å². The summed E-state index contributed by atoms with van der Waals surface area (Å²) in [6, 6.07) is 24.5. The molecule has 2 aromatic heterocycles. The number of hydrogen-bond donors (Lipinski definition) is 1. The topological polar surface area (TPSA) is 50.9 Å². The molecule has 0 unspecified atom stereocenters. The predicted molar refractivity (Wildman–Crippen MR) is 285 cm³/mol. The van der Waals surface area contributed by atoms with Crippen LogP contribution in [0.4, 0.5) is 0 Å². The first-order valence-corrected chi connectivity index (χ1v) is 21.5. The number of hydrogen-bond acceptors (Lipinski definition) is 3. The van der Waals surface area contributed by atoms with Gasteiger partial charge in [0.2, 0.25) is 0 Å². The average molecular weight is 1110 g/mol. The van der Waals surface area contributed by atoms with Crippen molar-refractivity contribution in [3.8, 4) is 67.5 Å². The van der Waals surface area contributed by atoms with Crippen LogP contribution in [0.25, 0.3) is 72.7 Å². The molecule has 4 nitrogen and oxygen atoms in total. The van der Waals surface area contributed by atoms with E-state index in [-0.39, 0.29) is 71.8 Å². The third-order valence-corrected chi connectivity index (χ3v) is 12.2. The molecule has 0 aliphatic rings. The van der Waals surface area contributed by atoms with Gasteiger partial charge in [-0.2, -0.15) is 0 Å². The van der Waals surface area contributed by atoms with Crippen molar-refractivity contribution in [2.45, 2.75) is 137 Å². The Kier molecular flexibility index (Phi) is 6.45. The summed E-state index contributed by atoms with van der Waals surface area (Å²) in [4.78, 5) is 9.72. The zero-order valence-electron chi connectivity index (χ0n) is 69.2. The van der Waals surface area contributed by atoms with Crippen molar-refractivity contribution >= 4 is 11.0 Å². The van der Waals surface area contributed by atoms with E-state index >= 15 is 0 Å². The molecule has 0 spiro atoms. The van der Waals surface area contributed by atoms with Crippen LogP contribution in [0.1, 0.15) is 180 Å². The van der Waals surface area contributed by atoms with Crippen LogP contribution in [-0.4, -0.2) is 19.6 Å². The first-order chi connectivity index (χ1) is 44.3. The van der Waals surface area contributed by atoms with E-state index in [9.17, 15) is 7.85 Å². The Labute approximate surface area is 465 Å². The quantitative estimate of drug-likeness (QED) is 0.154. The van der Waals surface area contributed by atoms with Crippen molar-refractivity contribution in [2.75, 3.05) is 0 Å². The number of benzene rings is 6. The summed E-state index contributed by atoms with van der Waals surface area (Å²) in [6.07, 6.45) is 1.86. The maximum Gasteiger partial charge on any atom is 0.148 e. The summed E-state index contributed by atoms with van der Waals surface area (Å²) < 4.78 is 271. The van der Waals surface area contributed by atoms with Gasteiger partial charge in [-0.3, -0.25) is 9.55 Å². The monoisotopic (exact) mass is 1110 g/mol. The minimum atomic E-state index is -4.26. The largest absolute Gasteiger partial charge is 0.507 e. The molecule has 5 heteroatoms. The van der Waals surface area contributed by atoms with Crippen LogP contribution in [0.2, 0.25) is 0 Å². The normalized spacial score (nSPS) is 21.0. The standard InChI is InChI=1S/C63H70N3O.Pt/c1-16-63(14,15)46-29-30-54(50(37-46)41-21-18-17-19-22-41)66-55-24-20-23-49(56(55)65-58(66)51-38-48(61(8,9)10)39-52(57(51)67)62(11,12)13)43-33-44(35-47(34-43)60(5,6)7)53-36-42(31-32-64-53)40-25-27-45(28-26-40)59(2,3)4;/h17-32,34-39,67H,16H2,1-15H3;/q-1;/i2D3,3D3,4D3,8D3,9D3,10D3,11D3,12D3,13D3,25D,26D,27D,28D;. The summed E-state index contributed by atoms with van der Waals surface area (Å²) in [6.45, 7) is -25.5. The van der Waals surface area contributed by atoms with Gasteiger partial charge in [-0.05, 0) is 97.2 Å². The Morgan fingerprint density at radius 3 is 1.90 bits per heavy atom. The molecule has 0 fully saturated rings. The Bertz CT molecular complexity index is 4250. The van der Waals surface area contributed by atoms with Crippen LogP contribution in [-0.2, 0) is 48.1 Å². The SMILES string of the molecule is [2H]c1c([2H])c(C(C([2H])([2H])[2H])(C([2H])([2H])[2H])C([2H])([2H])[2H])c([2H])c([2H])c1-c1ccnc(-c2[c-]c(-c3cccc4c3nc(-c3cc(C(C([2H])([2H])[2H])(C([2H])([2H])[2H])C([2H])([2H])[2H])cc(C(C([2H])([2H])[2H])(C([2H])([2H])[2H])C([2H])([2H])[2H])c3O)n4-c3ccc(C(C)(C)CC)cc3-c3ccccc3)cc(C(C)(C)C)c2)c1.[Pt]. The molecule has 0 saturated carbocycles. The molecule has 2 heterocycles. The molecule has 0 amide bonds. The zero-order valence-corrected chi connectivity index (χ0v) is 40.5. The van der Waals surface area contributed by atoms with Gasteiger partial charge in [-0.25, -0.2) is 4.98 Å². The first kappa shape index (κ1) is 23.8. The molecule has 0 atom stereocenters. The van der Waals surface area contributed by atoms with E-state index in [4.69, 9.17) is 44.7 Å². The number of fused-ring (bicyclic) bond motifs is 1. The van der Waals surface area contributed by atoms with Gasteiger partial charge in [-0.15, -0.1) is 29.3 Å². The number of pyridine rings is 1.